The molecule has 1 aliphatic rings. The van der Waals surface area contributed by atoms with Crippen LogP contribution in [0, 0.1) is 5.82 Å². The molecule has 0 bridgehead atoms. The Balaban J connectivity index is 1.43. The first-order valence-electron chi connectivity index (χ1n) is 11.8. The molecule has 36 heavy (non-hydrogen) atoms. The molecule has 1 N–H and O–H groups in total. The molecule has 1 aromatic carbocycles. The largest absolute Gasteiger partial charge is 0.444 e. The van der Waals surface area contributed by atoms with Crippen molar-refractivity contribution in [2.75, 3.05) is 13.2 Å². The van der Waals surface area contributed by atoms with Gasteiger partial charge in [-0.1, -0.05) is 22.5 Å². The minimum Gasteiger partial charge on any atom is -0.444 e. The summed E-state index contributed by atoms with van der Waals surface area (Å²) in [7, 11) is 0. The Morgan fingerprint density at radius 3 is 2.58 bits per heavy atom. The van der Waals surface area contributed by atoms with Crippen LogP contribution in [0.15, 0.2) is 63.9 Å². The zero-order valence-electron chi connectivity index (χ0n) is 20.5. The average molecular weight is 500 g/mol. The molecule has 10 heteroatoms. The Morgan fingerprint density at radius 1 is 1.17 bits per heavy atom. The number of hydrogen-bond donors (Lipinski definition) is 1. The van der Waals surface area contributed by atoms with Crippen LogP contribution >= 0.6 is 0 Å². The lowest BCUT2D eigenvalue weighted by molar-refractivity contribution is -0.174. The molecule has 1 amide bonds. The quantitative estimate of drug-likeness (QED) is 0.376. The Bertz CT molecular complexity index is 1150. The van der Waals surface area contributed by atoms with Gasteiger partial charge < -0.3 is 28.6 Å². The predicted octanol–water partition coefficient (Wildman–Crippen LogP) is 5.66. The van der Waals surface area contributed by atoms with Crippen molar-refractivity contribution in [3.8, 4) is 11.3 Å². The van der Waals surface area contributed by atoms with Gasteiger partial charge in [0.25, 0.3) is 0 Å². The first-order chi connectivity index (χ1) is 17.2. The fourth-order valence-corrected chi connectivity index (χ4v) is 3.81. The molecule has 1 unspecified atom stereocenters. The van der Waals surface area contributed by atoms with Crippen LogP contribution in [-0.4, -0.2) is 35.2 Å². The van der Waals surface area contributed by atoms with E-state index >= 15 is 0 Å². The van der Waals surface area contributed by atoms with E-state index in [1.165, 1.54) is 18.4 Å². The van der Waals surface area contributed by atoms with Gasteiger partial charge in [-0.25, -0.2) is 9.18 Å². The number of benzene rings is 1. The van der Waals surface area contributed by atoms with Crippen molar-refractivity contribution in [2.24, 2.45) is 0 Å². The molecule has 0 spiro atoms. The Labute approximate surface area is 208 Å². The Hall–Kier alpha value is -3.50. The van der Waals surface area contributed by atoms with Crippen molar-refractivity contribution in [3.63, 3.8) is 0 Å². The van der Waals surface area contributed by atoms with Crippen molar-refractivity contribution < 1.29 is 32.4 Å². The number of halogens is 1. The van der Waals surface area contributed by atoms with E-state index in [1.807, 2.05) is 12.2 Å². The van der Waals surface area contributed by atoms with Crippen LogP contribution in [0.1, 0.15) is 57.5 Å². The number of amides is 1. The van der Waals surface area contributed by atoms with Crippen molar-refractivity contribution in [1.29, 1.82) is 0 Å². The lowest BCUT2D eigenvalue weighted by Gasteiger charge is -2.24. The summed E-state index contributed by atoms with van der Waals surface area (Å²) >= 11 is 0. The van der Waals surface area contributed by atoms with Crippen LogP contribution in [0.4, 0.5) is 9.18 Å². The van der Waals surface area contributed by atoms with Crippen molar-refractivity contribution >= 4 is 6.09 Å². The van der Waals surface area contributed by atoms with E-state index in [2.05, 4.69) is 15.6 Å². The number of rotatable bonds is 9. The highest BCUT2D eigenvalue weighted by molar-refractivity contribution is 5.68. The fraction of sp³-hybridized carbons (Fsp3) is 0.423. The number of nitrogens with zero attached hydrogens (tertiary/aromatic N) is 2. The van der Waals surface area contributed by atoms with E-state index in [0.717, 1.165) is 0 Å². The summed E-state index contributed by atoms with van der Waals surface area (Å²) in [6, 6.07) is 8.86. The molecule has 0 saturated carbocycles. The monoisotopic (exact) mass is 499 g/mol. The van der Waals surface area contributed by atoms with Gasteiger partial charge in [0.15, 0.2) is 5.76 Å². The molecule has 1 saturated heterocycles. The van der Waals surface area contributed by atoms with E-state index in [0.29, 0.717) is 55.2 Å². The van der Waals surface area contributed by atoms with Crippen molar-refractivity contribution in [2.45, 2.75) is 57.5 Å². The minimum absolute atomic E-state index is 0.341. The number of hydrogen-bond acceptors (Lipinski definition) is 8. The van der Waals surface area contributed by atoms with E-state index in [9.17, 15) is 9.18 Å². The van der Waals surface area contributed by atoms with Gasteiger partial charge in [-0.2, -0.15) is 0 Å². The topological polar surface area (TPSA) is 109 Å². The number of allylic oxidation sites excluding steroid dienone is 1. The zero-order chi connectivity index (χ0) is 25.6. The lowest BCUT2D eigenvalue weighted by Crippen LogP contribution is -2.35. The number of nitrogens with one attached hydrogen (secondary N) is 1. The second-order valence-electron chi connectivity index (χ2n) is 9.40. The maximum Gasteiger partial charge on any atom is 0.408 e. The van der Waals surface area contributed by atoms with Crippen LogP contribution in [-0.2, 0) is 20.0 Å². The van der Waals surface area contributed by atoms with E-state index in [4.69, 9.17) is 23.3 Å². The molecule has 3 aromatic rings. The molecule has 1 aliphatic heterocycles. The summed E-state index contributed by atoms with van der Waals surface area (Å²) in [5.41, 5.74) is 1.15. The molecule has 0 radical (unpaired) electrons. The summed E-state index contributed by atoms with van der Waals surface area (Å²) in [5, 5.41) is 11.0. The molecule has 0 aliphatic carbocycles. The molecular formula is C26H30FN3O6. The maximum atomic E-state index is 13.3. The molecule has 2 aromatic heterocycles. The molecule has 1 fully saturated rings. The van der Waals surface area contributed by atoms with E-state index in [1.54, 1.807) is 45.0 Å². The second kappa shape index (κ2) is 11.0. The van der Waals surface area contributed by atoms with Crippen molar-refractivity contribution in [1.82, 2.24) is 15.6 Å². The van der Waals surface area contributed by atoms with Gasteiger partial charge in [-0.3, -0.25) is 0 Å². The summed E-state index contributed by atoms with van der Waals surface area (Å²) < 4.78 is 40.8. The van der Waals surface area contributed by atoms with Crippen LogP contribution in [0.5, 0.6) is 0 Å². The van der Waals surface area contributed by atoms with E-state index < -0.39 is 23.5 Å². The van der Waals surface area contributed by atoms with Gasteiger partial charge >= 0.3 is 6.09 Å². The fourth-order valence-electron chi connectivity index (χ4n) is 3.81. The predicted molar refractivity (Wildman–Crippen MR) is 127 cm³/mol. The van der Waals surface area contributed by atoms with Gasteiger partial charge in [-0.15, -0.1) is 0 Å². The van der Waals surface area contributed by atoms with E-state index in [-0.39, 0.29) is 5.82 Å². The third kappa shape index (κ3) is 6.58. The lowest BCUT2D eigenvalue weighted by atomic mass is 10.0. The van der Waals surface area contributed by atoms with Gasteiger partial charge in [-0.05, 0) is 57.9 Å². The zero-order valence-corrected chi connectivity index (χ0v) is 20.5. The summed E-state index contributed by atoms with van der Waals surface area (Å²) in [6.45, 7) is 6.36. The smallest absolute Gasteiger partial charge is 0.408 e. The number of carbonyl (C=O) groups is 1. The number of ether oxygens (including phenoxy) is 3. The normalized spacial score (nSPS) is 16.3. The standard InChI is InChI=1S/C26H30FN3O6/c1-25(2,3)35-24(31)28-20(21-17-22(36-29-21)18-8-10-19(27)11-9-18)7-5-4-6-13-26(32-15-16-33-26)23-12-14-34-30-23/h4-5,8-12,14,17,20H,6-7,13,15-16H2,1-3H3,(H,28,31)/b5-4+. The Kier molecular flexibility index (Phi) is 7.85. The number of aromatic nitrogens is 2. The van der Waals surface area contributed by atoms with Crippen LogP contribution in [0.3, 0.4) is 0 Å². The first kappa shape index (κ1) is 25.6. The highest BCUT2D eigenvalue weighted by atomic mass is 19.1. The number of carbonyl (C=O) groups excluding carboxylic acids is 1. The van der Waals surface area contributed by atoms with Gasteiger partial charge in [0.05, 0.1) is 19.3 Å². The second-order valence-corrected chi connectivity index (χ2v) is 9.40. The molecular weight excluding hydrogens is 469 g/mol. The Morgan fingerprint density at radius 2 is 1.92 bits per heavy atom. The van der Waals surface area contributed by atoms with Crippen LogP contribution in [0.2, 0.25) is 0 Å². The third-order valence-electron chi connectivity index (χ3n) is 5.47. The van der Waals surface area contributed by atoms with Crippen LogP contribution in [0.25, 0.3) is 11.3 Å². The minimum atomic E-state index is -0.915. The maximum absolute atomic E-state index is 13.3. The van der Waals surface area contributed by atoms with Gasteiger partial charge in [0.1, 0.15) is 29.1 Å². The SMILES string of the molecule is CC(C)(C)OC(=O)NC(C/C=C/CCC1(c2ccon2)OCCO1)c1cc(-c2ccc(F)cc2)on1. The molecule has 3 heterocycles. The van der Waals surface area contributed by atoms with Gasteiger partial charge in [0.2, 0.25) is 5.79 Å². The average Bonchev–Trinajstić information content (AvgIpc) is 3.59. The molecule has 192 valence electrons. The molecule has 4 rings (SSSR count). The van der Waals surface area contributed by atoms with Crippen molar-refractivity contribution in [3.05, 3.63) is 72.0 Å². The first-order valence-corrected chi connectivity index (χ1v) is 11.8. The summed E-state index contributed by atoms with van der Waals surface area (Å²) in [4.78, 5) is 12.5. The summed E-state index contributed by atoms with van der Waals surface area (Å²) in [6.07, 6.45) is 6.49. The highest BCUT2D eigenvalue weighted by Crippen LogP contribution is 2.35. The summed E-state index contributed by atoms with van der Waals surface area (Å²) in [5.74, 6) is -0.788. The third-order valence-corrected chi connectivity index (χ3v) is 5.47. The number of alkyl carbamates (subject to hydrolysis) is 1. The molecule has 9 nitrogen and oxygen atoms in total. The highest BCUT2D eigenvalue weighted by Gasteiger charge is 2.40. The van der Waals surface area contributed by atoms with Crippen LogP contribution < -0.4 is 5.32 Å². The molecule has 1 atom stereocenters. The van der Waals surface area contributed by atoms with Gasteiger partial charge in [0, 0.05) is 24.1 Å².